The average molecular weight is 339 g/mol. The maximum absolute atomic E-state index is 11.3. The van der Waals surface area contributed by atoms with Crippen molar-refractivity contribution in [3.63, 3.8) is 0 Å². The molecule has 1 aromatic rings. The standard InChI is InChI=1S/C13H17N5O6/c1-3-23-10-5-8(6-16-17-13(14)15)4-9(18(21)22)11(10)24-7(2)12(19)20/h4-7H,3H2,1-2H3,(H,19,20)(H4,14,15,17). The van der Waals surface area contributed by atoms with Crippen molar-refractivity contribution < 1.29 is 24.3 Å². The van der Waals surface area contributed by atoms with Crippen LogP contribution in [0.2, 0.25) is 0 Å². The Morgan fingerprint density at radius 2 is 2.17 bits per heavy atom. The van der Waals surface area contributed by atoms with E-state index in [4.69, 9.17) is 26.0 Å². The molecule has 0 radical (unpaired) electrons. The number of benzene rings is 1. The Morgan fingerprint density at radius 3 is 2.67 bits per heavy atom. The number of carboxylic acids is 1. The minimum absolute atomic E-state index is 0.00551. The van der Waals surface area contributed by atoms with E-state index in [0.29, 0.717) is 0 Å². The molecular formula is C13H17N5O6. The fraction of sp³-hybridized carbons (Fsp3) is 0.308. The van der Waals surface area contributed by atoms with E-state index in [-0.39, 0.29) is 29.6 Å². The molecule has 0 spiro atoms. The van der Waals surface area contributed by atoms with Crippen LogP contribution in [0.5, 0.6) is 11.5 Å². The summed E-state index contributed by atoms with van der Waals surface area (Å²) in [6.07, 6.45) is -0.122. The molecule has 0 aliphatic carbocycles. The number of guanidine groups is 1. The molecule has 24 heavy (non-hydrogen) atoms. The molecule has 1 atom stereocenters. The molecule has 0 bridgehead atoms. The fourth-order valence-corrected chi connectivity index (χ4v) is 1.59. The van der Waals surface area contributed by atoms with Crippen LogP contribution in [-0.2, 0) is 4.79 Å². The van der Waals surface area contributed by atoms with E-state index in [1.54, 1.807) is 6.92 Å². The highest BCUT2D eigenvalue weighted by Crippen LogP contribution is 2.39. The molecule has 130 valence electrons. The molecule has 0 saturated carbocycles. The Balaban J connectivity index is 3.39. The van der Waals surface area contributed by atoms with Crippen LogP contribution in [0.25, 0.3) is 0 Å². The zero-order valence-electron chi connectivity index (χ0n) is 13.0. The molecule has 0 aliphatic rings. The average Bonchev–Trinajstić information content (AvgIpc) is 2.48. The Labute approximate surface area is 136 Å². The molecule has 11 heteroatoms. The second-order valence-corrected chi connectivity index (χ2v) is 4.43. The first-order valence-corrected chi connectivity index (χ1v) is 6.72. The first-order chi connectivity index (χ1) is 11.3. The number of hydrogen-bond acceptors (Lipinski definition) is 7. The number of nitro benzene ring substituents is 1. The summed E-state index contributed by atoms with van der Waals surface area (Å²) in [6.45, 7) is 3.09. The highest BCUT2D eigenvalue weighted by molar-refractivity contribution is 5.84. The lowest BCUT2D eigenvalue weighted by Gasteiger charge is -2.15. The molecule has 0 aliphatic heterocycles. The van der Waals surface area contributed by atoms with Crippen LogP contribution in [0, 0.1) is 10.1 Å². The number of nitrogens with two attached hydrogens (primary N) is 2. The van der Waals surface area contributed by atoms with Crippen LogP contribution in [0.1, 0.15) is 19.4 Å². The van der Waals surface area contributed by atoms with Crippen molar-refractivity contribution >= 4 is 23.8 Å². The van der Waals surface area contributed by atoms with Crippen LogP contribution >= 0.6 is 0 Å². The third-order valence-electron chi connectivity index (χ3n) is 2.58. The van der Waals surface area contributed by atoms with E-state index in [2.05, 4.69) is 10.2 Å². The molecule has 0 fully saturated rings. The van der Waals surface area contributed by atoms with E-state index in [9.17, 15) is 14.9 Å². The number of nitro groups is 1. The summed E-state index contributed by atoms with van der Waals surface area (Å²) in [5.41, 5.74) is 10.0. The highest BCUT2D eigenvalue weighted by Gasteiger charge is 2.26. The van der Waals surface area contributed by atoms with Crippen molar-refractivity contribution in [2.24, 2.45) is 21.7 Å². The number of carbonyl (C=O) groups is 1. The number of ether oxygens (including phenoxy) is 2. The van der Waals surface area contributed by atoms with Crippen LogP contribution in [0.3, 0.4) is 0 Å². The number of hydrogen-bond donors (Lipinski definition) is 3. The van der Waals surface area contributed by atoms with Gasteiger partial charge in [-0.15, -0.1) is 5.10 Å². The summed E-state index contributed by atoms with van der Waals surface area (Å²) in [5.74, 6) is -1.83. The molecule has 1 aromatic carbocycles. The van der Waals surface area contributed by atoms with Crippen molar-refractivity contribution in [2.75, 3.05) is 6.61 Å². The molecule has 0 aromatic heterocycles. The van der Waals surface area contributed by atoms with Crippen molar-refractivity contribution in [1.29, 1.82) is 0 Å². The first kappa shape index (κ1) is 18.7. The van der Waals surface area contributed by atoms with E-state index < -0.39 is 22.7 Å². The lowest BCUT2D eigenvalue weighted by Crippen LogP contribution is -2.23. The third-order valence-corrected chi connectivity index (χ3v) is 2.58. The maximum Gasteiger partial charge on any atom is 0.344 e. The second kappa shape index (κ2) is 8.31. The van der Waals surface area contributed by atoms with Crippen LogP contribution in [0.4, 0.5) is 5.69 Å². The predicted octanol–water partition coefficient (Wildman–Crippen LogP) is 0.453. The summed E-state index contributed by atoms with van der Waals surface area (Å²) in [7, 11) is 0. The van der Waals surface area contributed by atoms with Crippen molar-refractivity contribution in [2.45, 2.75) is 20.0 Å². The quantitative estimate of drug-likeness (QED) is 0.264. The monoisotopic (exact) mass is 339 g/mol. The molecule has 0 saturated heterocycles. The van der Waals surface area contributed by atoms with Gasteiger partial charge in [-0.05, 0) is 19.9 Å². The smallest absolute Gasteiger partial charge is 0.344 e. The van der Waals surface area contributed by atoms with Crippen LogP contribution in [-0.4, -0.2) is 40.9 Å². The Bertz CT molecular complexity index is 684. The van der Waals surface area contributed by atoms with Gasteiger partial charge in [-0.1, -0.05) is 0 Å². The molecule has 5 N–H and O–H groups in total. The van der Waals surface area contributed by atoms with E-state index >= 15 is 0 Å². The number of carboxylic acid groups (broad SMARTS) is 1. The minimum atomic E-state index is -1.30. The zero-order valence-corrected chi connectivity index (χ0v) is 13.0. The van der Waals surface area contributed by atoms with Gasteiger partial charge in [-0.25, -0.2) is 4.79 Å². The number of aliphatic carboxylic acids is 1. The maximum atomic E-state index is 11.3. The molecular weight excluding hydrogens is 322 g/mol. The first-order valence-electron chi connectivity index (χ1n) is 6.72. The van der Waals surface area contributed by atoms with Crippen molar-refractivity contribution in [3.8, 4) is 11.5 Å². The lowest BCUT2D eigenvalue weighted by atomic mass is 10.1. The summed E-state index contributed by atoms with van der Waals surface area (Å²) in [4.78, 5) is 21.5. The fourth-order valence-electron chi connectivity index (χ4n) is 1.59. The van der Waals surface area contributed by atoms with E-state index in [0.717, 1.165) is 6.07 Å². The summed E-state index contributed by atoms with van der Waals surface area (Å²) in [5, 5.41) is 27.1. The SMILES string of the molecule is CCOc1cc(C=NN=C(N)N)cc([N+](=O)[O-])c1OC(C)C(=O)O. The highest BCUT2D eigenvalue weighted by atomic mass is 16.6. The number of nitrogens with zero attached hydrogens (tertiary/aromatic N) is 3. The summed E-state index contributed by atoms with van der Waals surface area (Å²) >= 11 is 0. The Hall–Kier alpha value is -3.37. The van der Waals surface area contributed by atoms with Gasteiger partial charge in [0, 0.05) is 11.6 Å². The van der Waals surface area contributed by atoms with Gasteiger partial charge in [-0.2, -0.15) is 5.10 Å². The van der Waals surface area contributed by atoms with Crippen molar-refractivity contribution in [3.05, 3.63) is 27.8 Å². The normalized spacial score (nSPS) is 11.8. The number of rotatable bonds is 8. The van der Waals surface area contributed by atoms with Gasteiger partial charge in [0.1, 0.15) is 0 Å². The Kier molecular flexibility index (Phi) is 6.47. The molecule has 1 unspecified atom stereocenters. The van der Waals surface area contributed by atoms with Crippen LogP contribution < -0.4 is 20.9 Å². The van der Waals surface area contributed by atoms with Crippen molar-refractivity contribution in [1.82, 2.24) is 0 Å². The topological polar surface area (TPSA) is 176 Å². The van der Waals surface area contributed by atoms with Crippen LogP contribution in [0.15, 0.2) is 22.3 Å². The van der Waals surface area contributed by atoms with Gasteiger partial charge < -0.3 is 26.0 Å². The molecule has 0 heterocycles. The summed E-state index contributed by atoms with van der Waals surface area (Å²) < 4.78 is 10.5. The predicted molar refractivity (Wildman–Crippen MR) is 85.4 cm³/mol. The van der Waals surface area contributed by atoms with Gasteiger partial charge in [0.05, 0.1) is 17.7 Å². The van der Waals surface area contributed by atoms with Gasteiger partial charge in [-0.3, -0.25) is 10.1 Å². The van der Waals surface area contributed by atoms with Gasteiger partial charge in [0.2, 0.25) is 11.7 Å². The second-order valence-electron chi connectivity index (χ2n) is 4.43. The van der Waals surface area contributed by atoms with Gasteiger partial charge in [0.25, 0.3) is 0 Å². The molecule has 11 nitrogen and oxygen atoms in total. The van der Waals surface area contributed by atoms with E-state index in [1.165, 1.54) is 19.2 Å². The Morgan fingerprint density at radius 1 is 1.50 bits per heavy atom. The lowest BCUT2D eigenvalue weighted by molar-refractivity contribution is -0.386. The third kappa shape index (κ3) is 5.12. The molecule has 0 amide bonds. The zero-order chi connectivity index (χ0) is 18.3. The van der Waals surface area contributed by atoms with Gasteiger partial charge in [0.15, 0.2) is 11.9 Å². The molecule has 1 rings (SSSR count). The minimum Gasteiger partial charge on any atom is -0.490 e. The largest absolute Gasteiger partial charge is 0.490 e. The van der Waals surface area contributed by atoms with Gasteiger partial charge >= 0.3 is 11.7 Å². The summed E-state index contributed by atoms with van der Waals surface area (Å²) in [6, 6.07) is 2.53. The van der Waals surface area contributed by atoms with E-state index in [1.807, 2.05) is 0 Å².